The summed E-state index contributed by atoms with van der Waals surface area (Å²) in [6.45, 7) is 7.48. The lowest BCUT2D eigenvalue weighted by Crippen LogP contribution is -2.37. The van der Waals surface area contributed by atoms with Gasteiger partial charge in [0.15, 0.2) is 0 Å². The molecule has 2 fully saturated rings. The van der Waals surface area contributed by atoms with Crippen molar-refractivity contribution in [1.29, 1.82) is 0 Å². The van der Waals surface area contributed by atoms with Gasteiger partial charge in [0.2, 0.25) is 0 Å². The van der Waals surface area contributed by atoms with Crippen LogP contribution in [0, 0.1) is 0 Å². The summed E-state index contributed by atoms with van der Waals surface area (Å²) >= 11 is 0. The molecule has 0 bridgehead atoms. The number of amidine groups is 1. The molecule has 1 aliphatic heterocycles. The van der Waals surface area contributed by atoms with Crippen molar-refractivity contribution in [2.45, 2.75) is 83.9 Å². The van der Waals surface area contributed by atoms with E-state index in [2.05, 4.69) is 30.7 Å². The van der Waals surface area contributed by atoms with Crippen molar-refractivity contribution in [1.82, 2.24) is 4.90 Å². The summed E-state index contributed by atoms with van der Waals surface area (Å²) in [5.74, 6) is 0. The van der Waals surface area contributed by atoms with E-state index in [9.17, 15) is 0 Å². The van der Waals surface area contributed by atoms with E-state index < -0.39 is 0 Å². The molecule has 2 atom stereocenters. The Morgan fingerprint density at radius 3 is 2.50 bits per heavy atom. The third-order valence-corrected chi connectivity index (χ3v) is 4.03. The molecule has 0 amide bonds. The van der Waals surface area contributed by atoms with Crippen LogP contribution in [0.15, 0.2) is 4.99 Å². The van der Waals surface area contributed by atoms with Crippen molar-refractivity contribution in [2.24, 2.45) is 4.99 Å². The first-order valence-corrected chi connectivity index (χ1v) is 7.73. The van der Waals surface area contributed by atoms with Crippen LogP contribution in [-0.2, 0) is 4.74 Å². The number of rotatable bonds is 2. The molecule has 1 aliphatic carbocycles. The van der Waals surface area contributed by atoms with Crippen molar-refractivity contribution in [3.63, 3.8) is 0 Å². The quantitative estimate of drug-likeness (QED) is 0.750. The Kier molecular flexibility index (Phi) is 4.90. The zero-order chi connectivity index (χ0) is 13.0. The van der Waals surface area contributed by atoms with Gasteiger partial charge in [-0.25, -0.2) is 4.99 Å². The lowest BCUT2D eigenvalue weighted by molar-refractivity contribution is 0.169. The van der Waals surface area contributed by atoms with Crippen LogP contribution in [0.2, 0.25) is 0 Å². The minimum absolute atomic E-state index is 0.321. The zero-order valence-electron chi connectivity index (χ0n) is 12.2. The highest BCUT2D eigenvalue weighted by Gasteiger charge is 2.38. The van der Waals surface area contributed by atoms with Crippen molar-refractivity contribution >= 4 is 6.02 Å². The van der Waals surface area contributed by atoms with Gasteiger partial charge in [-0.05, 0) is 40.0 Å². The number of nitrogens with zero attached hydrogens (tertiary/aromatic N) is 2. The van der Waals surface area contributed by atoms with Gasteiger partial charge in [0.1, 0.15) is 6.10 Å². The Balaban J connectivity index is 2.11. The Bertz CT molecular complexity index is 288. The molecule has 18 heavy (non-hydrogen) atoms. The van der Waals surface area contributed by atoms with E-state index in [1.165, 1.54) is 44.9 Å². The summed E-state index contributed by atoms with van der Waals surface area (Å²) in [5.41, 5.74) is 0. The Labute approximate surface area is 112 Å². The number of ether oxygens (including phenoxy) is 1. The van der Waals surface area contributed by atoms with Gasteiger partial charge in [-0.3, -0.25) is 0 Å². The van der Waals surface area contributed by atoms with E-state index in [1.54, 1.807) is 0 Å². The van der Waals surface area contributed by atoms with E-state index >= 15 is 0 Å². The second-order valence-corrected chi connectivity index (χ2v) is 5.86. The topological polar surface area (TPSA) is 24.8 Å². The molecule has 3 nitrogen and oxygen atoms in total. The molecule has 1 saturated carbocycles. The van der Waals surface area contributed by atoms with E-state index in [0.29, 0.717) is 18.2 Å². The number of likely N-dealkylation sites (N-methyl/N-ethyl adjacent to an activating group) is 1. The predicted octanol–water partition coefficient (Wildman–Crippen LogP) is 3.58. The van der Waals surface area contributed by atoms with E-state index in [0.717, 1.165) is 12.6 Å². The molecule has 0 N–H and O–H groups in total. The van der Waals surface area contributed by atoms with Crippen LogP contribution in [-0.4, -0.2) is 35.7 Å². The van der Waals surface area contributed by atoms with Crippen LogP contribution in [0.5, 0.6) is 0 Å². The highest BCUT2D eigenvalue weighted by Crippen LogP contribution is 2.29. The van der Waals surface area contributed by atoms with Crippen molar-refractivity contribution < 1.29 is 4.74 Å². The molecule has 0 radical (unpaired) electrons. The molecule has 2 rings (SSSR count). The maximum atomic E-state index is 6.15. The molecular formula is C15H28N2O. The standard InChI is InChI=1S/C15H28N2O/c1-4-17-13-10-8-6-5-7-9-11-14(13)18-15(17)16-12(2)3/h12-14H,4-11H2,1-3H3/b16-15+. The number of hydrogen-bond donors (Lipinski definition) is 0. The Morgan fingerprint density at radius 1 is 1.17 bits per heavy atom. The molecule has 2 aliphatic rings. The molecular weight excluding hydrogens is 224 g/mol. The van der Waals surface area contributed by atoms with E-state index in [1.807, 2.05) is 0 Å². The molecule has 104 valence electrons. The van der Waals surface area contributed by atoms with Crippen molar-refractivity contribution in [3.05, 3.63) is 0 Å². The molecule has 0 aromatic rings. The molecule has 2 unspecified atom stereocenters. The fourth-order valence-corrected chi connectivity index (χ4v) is 3.14. The monoisotopic (exact) mass is 252 g/mol. The predicted molar refractivity (Wildman–Crippen MR) is 75.9 cm³/mol. The first-order valence-electron chi connectivity index (χ1n) is 7.73. The molecule has 0 aromatic heterocycles. The normalized spacial score (nSPS) is 31.8. The fraction of sp³-hybridized carbons (Fsp3) is 0.933. The highest BCUT2D eigenvalue weighted by atomic mass is 16.5. The van der Waals surface area contributed by atoms with Crippen LogP contribution in [0.25, 0.3) is 0 Å². The minimum Gasteiger partial charge on any atom is -0.460 e. The molecule has 0 spiro atoms. The van der Waals surface area contributed by atoms with Crippen molar-refractivity contribution in [2.75, 3.05) is 6.54 Å². The SMILES string of the molecule is CCN1/C(=N\C(C)C)OC2CCCCCCCC21. The summed E-state index contributed by atoms with van der Waals surface area (Å²) in [7, 11) is 0. The smallest absolute Gasteiger partial charge is 0.288 e. The first-order chi connectivity index (χ1) is 8.72. The average molecular weight is 252 g/mol. The molecule has 1 heterocycles. The third kappa shape index (κ3) is 3.18. The summed E-state index contributed by atoms with van der Waals surface area (Å²) in [6.07, 6.45) is 9.68. The summed E-state index contributed by atoms with van der Waals surface area (Å²) in [5, 5.41) is 0. The van der Waals surface area contributed by atoms with Crippen LogP contribution >= 0.6 is 0 Å². The second kappa shape index (κ2) is 6.44. The number of aliphatic imine (C=N–C) groups is 1. The largest absolute Gasteiger partial charge is 0.460 e. The molecule has 3 heteroatoms. The van der Waals surface area contributed by atoms with E-state index in [4.69, 9.17) is 4.74 Å². The lowest BCUT2D eigenvalue weighted by Gasteiger charge is -2.24. The van der Waals surface area contributed by atoms with Gasteiger partial charge in [0.05, 0.1) is 6.04 Å². The van der Waals surface area contributed by atoms with Gasteiger partial charge in [-0.2, -0.15) is 0 Å². The number of hydrogen-bond acceptors (Lipinski definition) is 2. The van der Waals surface area contributed by atoms with Gasteiger partial charge < -0.3 is 9.64 Å². The van der Waals surface area contributed by atoms with Crippen LogP contribution in [0.1, 0.15) is 65.7 Å². The summed E-state index contributed by atoms with van der Waals surface area (Å²) in [4.78, 5) is 7.06. The number of fused-ring (bicyclic) bond motifs is 1. The van der Waals surface area contributed by atoms with Crippen LogP contribution in [0.4, 0.5) is 0 Å². The van der Waals surface area contributed by atoms with Gasteiger partial charge in [0, 0.05) is 12.6 Å². The van der Waals surface area contributed by atoms with Crippen LogP contribution in [0.3, 0.4) is 0 Å². The van der Waals surface area contributed by atoms with Gasteiger partial charge in [-0.15, -0.1) is 0 Å². The average Bonchev–Trinajstić information content (AvgIpc) is 2.67. The maximum absolute atomic E-state index is 6.15. The lowest BCUT2D eigenvalue weighted by atomic mass is 10.0. The molecule has 0 aromatic carbocycles. The Morgan fingerprint density at radius 2 is 1.83 bits per heavy atom. The summed E-state index contributed by atoms with van der Waals surface area (Å²) < 4.78 is 6.15. The van der Waals surface area contributed by atoms with E-state index in [-0.39, 0.29) is 0 Å². The Hall–Kier alpha value is -0.730. The molecule has 1 saturated heterocycles. The second-order valence-electron chi connectivity index (χ2n) is 5.86. The van der Waals surface area contributed by atoms with Gasteiger partial charge in [0.25, 0.3) is 6.02 Å². The van der Waals surface area contributed by atoms with Gasteiger partial charge in [-0.1, -0.05) is 25.7 Å². The van der Waals surface area contributed by atoms with Gasteiger partial charge >= 0.3 is 0 Å². The minimum atomic E-state index is 0.321. The van der Waals surface area contributed by atoms with Crippen molar-refractivity contribution in [3.8, 4) is 0 Å². The van der Waals surface area contributed by atoms with Crippen LogP contribution < -0.4 is 0 Å². The first kappa shape index (κ1) is 13.7. The maximum Gasteiger partial charge on any atom is 0.288 e. The zero-order valence-corrected chi connectivity index (χ0v) is 12.2. The summed E-state index contributed by atoms with van der Waals surface area (Å²) in [6, 6.07) is 1.80. The highest BCUT2D eigenvalue weighted by molar-refractivity contribution is 5.76. The third-order valence-electron chi connectivity index (χ3n) is 4.03. The fourth-order valence-electron chi connectivity index (χ4n) is 3.14.